The minimum atomic E-state index is 0.809. The van der Waals surface area contributed by atoms with Gasteiger partial charge in [-0.2, -0.15) is 0 Å². The van der Waals surface area contributed by atoms with Crippen molar-refractivity contribution in [1.82, 2.24) is 15.3 Å². The minimum Gasteiger partial charge on any atom is -0.342 e. The standard InChI is InChI=1S/C13H18N4S/c1-3-17(9-11-6-4-5-7-15-11)13-16-12(8-14-2)10-18-13/h4-7,10,14H,3,8-9H2,1-2H3. The van der Waals surface area contributed by atoms with Crippen LogP contribution in [0.5, 0.6) is 0 Å². The van der Waals surface area contributed by atoms with Gasteiger partial charge in [0.05, 0.1) is 17.9 Å². The Balaban J connectivity index is 2.08. The van der Waals surface area contributed by atoms with Gasteiger partial charge in [-0.1, -0.05) is 6.07 Å². The molecule has 0 amide bonds. The molecule has 0 saturated heterocycles. The highest BCUT2D eigenvalue weighted by Crippen LogP contribution is 2.21. The zero-order valence-corrected chi connectivity index (χ0v) is 11.6. The van der Waals surface area contributed by atoms with Gasteiger partial charge in [0.25, 0.3) is 0 Å². The number of hydrogen-bond acceptors (Lipinski definition) is 5. The van der Waals surface area contributed by atoms with Crippen molar-refractivity contribution in [3.8, 4) is 0 Å². The fraction of sp³-hybridized carbons (Fsp3) is 0.385. The molecule has 2 heterocycles. The highest BCUT2D eigenvalue weighted by atomic mass is 32.1. The van der Waals surface area contributed by atoms with Crippen LogP contribution in [0.25, 0.3) is 0 Å². The molecule has 18 heavy (non-hydrogen) atoms. The number of rotatable bonds is 6. The van der Waals surface area contributed by atoms with Crippen LogP contribution in [0.1, 0.15) is 18.3 Å². The molecule has 2 aromatic rings. The number of thiazole rings is 1. The van der Waals surface area contributed by atoms with Crippen molar-refractivity contribution < 1.29 is 0 Å². The molecule has 96 valence electrons. The van der Waals surface area contributed by atoms with Gasteiger partial charge in [0, 0.05) is 24.7 Å². The lowest BCUT2D eigenvalue weighted by Crippen LogP contribution is -2.22. The van der Waals surface area contributed by atoms with Gasteiger partial charge in [0.1, 0.15) is 0 Å². The van der Waals surface area contributed by atoms with E-state index in [1.165, 1.54) is 0 Å². The van der Waals surface area contributed by atoms with Crippen molar-refractivity contribution in [2.45, 2.75) is 20.0 Å². The van der Waals surface area contributed by atoms with Crippen molar-refractivity contribution in [1.29, 1.82) is 0 Å². The van der Waals surface area contributed by atoms with E-state index in [1.807, 2.05) is 31.4 Å². The zero-order valence-electron chi connectivity index (χ0n) is 10.8. The second-order valence-corrected chi connectivity index (χ2v) is 4.82. The first-order valence-corrected chi connectivity index (χ1v) is 6.95. The molecular weight excluding hydrogens is 244 g/mol. The van der Waals surface area contributed by atoms with Crippen molar-refractivity contribution in [2.75, 3.05) is 18.5 Å². The van der Waals surface area contributed by atoms with Crippen LogP contribution in [0.3, 0.4) is 0 Å². The van der Waals surface area contributed by atoms with Gasteiger partial charge >= 0.3 is 0 Å². The van der Waals surface area contributed by atoms with Gasteiger partial charge in [-0.3, -0.25) is 4.98 Å². The molecule has 5 heteroatoms. The normalized spacial score (nSPS) is 10.6. The van der Waals surface area contributed by atoms with Gasteiger partial charge in [0.2, 0.25) is 0 Å². The molecule has 2 aromatic heterocycles. The summed E-state index contributed by atoms with van der Waals surface area (Å²) in [6, 6.07) is 6.00. The maximum Gasteiger partial charge on any atom is 0.185 e. The van der Waals surface area contributed by atoms with Crippen LogP contribution in [0.4, 0.5) is 5.13 Å². The summed E-state index contributed by atoms with van der Waals surface area (Å²) in [6.45, 7) is 4.70. The molecule has 0 aliphatic rings. The Bertz CT molecular complexity index is 469. The molecular formula is C13H18N4S. The van der Waals surface area contributed by atoms with Crippen molar-refractivity contribution in [3.05, 3.63) is 41.2 Å². The SMILES string of the molecule is CCN(Cc1ccccn1)c1nc(CNC)cs1. The first-order valence-electron chi connectivity index (χ1n) is 6.07. The maximum absolute atomic E-state index is 4.62. The molecule has 0 unspecified atom stereocenters. The van der Waals surface area contributed by atoms with E-state index >= 15 is 0 Å². The third kappa shape index (κ3) is 3.27. The van der Waals surface area contributed by atoms with Crippen LogP contribution >= 0.6 is 11.3 Å². The molecule has 1 N–H and O–H groups in total. The molecule has 0 aliphatic heterocycles. The Labute approximate surface area is 112 Å². The smallest absolute Gasteiger partial charge is 0.185 e. The van der Waals surface area contributed by atoms with Gasteiger partial charge in [0.15, 0.2) is 5.13 Å². The molecule has 0 radical (unpaired) electrons. The monoisotopic (exact) mass is 262 g/mol. The van der Waals surface area contributed by atoms with E-state index in [2.05, 4.69) is 32.5 Å². The van der Waals surface area contributed by atoms with Crippen molar-refractivity contribution >= 4 is 16.5 Å². The maximum atomic E-state index is 4.62. The van der Waals surface area contributed by atoms with E-state index < -0.39 is 0 Å². The lowest BCUT2D eigenvalue weighted by molar-refractivity contribution is 0.776. The molecule has 0 fully saturated rings. The summed E-state index contributed by atoms with van der Waals surface area (Å²) in [5.41, 5.74) is 2.17. The van der Waals surface area contributed by atoms with Crippen molar-refractivity contribution in [2.24, 2.45) is 0 Å². The largest absolute Gasteiger partial charge is 0.342 e. The van der Waals surface area contributed by atoms with E-state index in [0.29, 0.717) is 0 Å². The van der Waals surface area contributed by atoms with E-state index in [1.54, 1.807) is 11.3 Å². The van der Waals surface area contributed by atoms with Crippen LogP contribution in [0, 0.1) is 0 Å². The molecule has 0 bridgehead atoms. The second kappa shape index (κ2) is 6.47. The summed E-state index contributed by atoms with van der Waals surface area (Å²) >= 11 is 1.69. The van der Waals surface area contributed by atoms with Crippen LogP contribution in [-0.2, 0) is 13.1 Å². The predicted molar refractivity (Wildman–Crippen MR) is 75.8 cm³/mol. The number of anilines is 1. The fourth-order valence-electron chi connectivity index (χ4n) is 1.71. The summed E-state index contributed by atoms with van der Waals surface area (Å²) in [5, 5.41) is 6.28. The number of aromatic nitrogens is 2. The topological polar surface area (TPSA) is 41.1 Å². The first-order chi connectivity index (χ1) is 8.83. The first kappa shape index (κ1) is 13.0. The highest BCUT2D eigenvalue weighted by molar-refractivity contribution is 7.13. The zero-order chi connectivity index (χ0) is 12.8. The highest BCUT2D eigenvalue weighted by Gasteiger charge is 2.10. The lowest BCUT2D eigenvalue weighted by Gasteiger charge is -2.19. The lowest BCUT2D eigenvalue weighted by atomic mass is 10.3. The summed E-state index contributed by atoms with van der Waals surface area (Å²) in [7, 11) is 1.94. The predicted octanol–water partition coefficient (Wildman–Crippen LogP) is 2.28. The van der Waals surface area contributed by atoms with Gasteiger partial charge in [-0.05, 0) is 26.1 Å². The molecule has 0 spiro atoms. The molecule has 4 nitrogen and oxygen atoms in total. The number of hydrogen-bond donors (Lipinski definition) is 1. The third-order valence-corrected chi connectivity index (χ3v) is 3.58. The summed E-state index contributed by atoms with van der Waals surface area (Å²) in [5.74, 6) is 0. The van der Waals surface area contributed by atoms with E-state index in [9.17, 15) is 0 Å². The molecule has 0 saturated carbocycles. The second-order valence-electron chi connectivity index (χ2n) is 3.99. The minimum absolute atomic E-state index is 0.809. The molecule has 0 atom stereocenters. The van der Waals surface area contributed by atoms with E-state index in [4.69, 9.17) is 0 Å². The van der Waals surface area contributed by atoms with Gasteiger partial charge in [-0.25, -0.2) is 4.98 Å². The Morgan fingerprint density at radius 2 is 2.22 bits per heavy atom. The van der Waals surface area contributed by atoms with Crippen LogP contribution in [-0.4, -0.2) is 23.6 Å². The summed E-state index contributed by atoms with van der Waals surface area (Å²) < 4.78 is 0. The Morgan fingerprint density at radius 3 is 2.89 bits per heavy atom. The number of nitrogens with one attached hydrogen (secondary N) is 1. The Hall–Kier alpha value is -1.46. The van der Waals surface area contributed by atoms with Gasteiger partial charge in [-0.15, -0.1) is 11.3 Å². The number of pyridine rings is 1. The molecule has 2 rings (SSSR count). The average Bonchev–Trinajstić information content (AvgIpc) is 2.86. The Kier molecular flexibility index (Phi) is 4.66. The Morgan fingerprint density at radius 1 is 1.33 bits per heavy atom. The molecule has 0 aromatic carbocycles. The third-order valence-electron chi connectivity index (χ3n) is 2.63. The van der Waals surface area contributed by atoms with E-state index in [-0.39, 0.29) is 0 Å². The summed E-state index contributed by atoms with van der Waals surface area (Å²) in [6.07, 6.45) is 1.83. The van der Waals surface area contributed by atoms with Gasteiger partial charge < -0.3 is 10.2 Å². The van der Waals surface area contributed by atoms with Crippen molar-refractivity contribution in [3.63, 3.8) is 0 Å². The average molecular weight is 262 g/mol. The van der Waals surface area contributed by atoms with Crippen LogP contribution < -0.4 is 10.2 Å². The quantitative estimate of drug-likeness (QED) is 0.867. The van der Waals surface area contributed by atoms with Crippen LogP contribution in [0.15, 0.2) is 29.8 Å². The fourth-order valence-corrected chi connectivity index (χ4v) is 2.60. The number of nitrogens with zero attached hydrogens (tertiary/aromatic N) is 3. The summed E-state index contributed by atoms with van der Waals surface area (Å²) in [4.78, 5) is 11.2. The van der Waals surface area contributed by atoms with E-state index in [0.717, 1.165) is 36.2 Å². The van der Waals surface area contributed by atoms with Crippen LogP contribution in [0.2, 0.25) is 0 Å². The molecule has 0 aliphatic carbocycles.